The summed E-state index contributed by atoms with van der Waals surface area (Å²) in [5.41, 5.74) is 0. The Labute approximate surface area is 98.1 Å². The minimum atomic E-state index is 0.247. The Morgan fingerprint density at radius 1 is 1.25 bits per heavy atom. The highest BCUT2D eigenvalue weighted by Gasteiger charge is 2.30. The van der Waals surface area contributed by atoms with Crippen LogP contribution in [0.25, 0.3) is 0 Å². The molecule has 1 aliphatic heterocycles. The molecule has 1 unspecified atom stereocenters. The van der Waals surface area contributed by atoms with Crippen LogP contribution in [-0.2, 0) is 9.53 Å². The van der Waals surface area contributed by atoms with E-state index in [0.717, 1.165) is 39.0 Å². The van der Waals surface area contributed by atoms with E-state index in [1.807, 2.05) is 0 Å². The lowest BCUT2D eigenvalue weighted by atomic mass is 9.89. The number of piperidine rings is 1. The predicted molar refractivity (Wildman–Crippen MR) is 63.4 cm³/mol. The van der Waals surface area contributed by atoms with Gasteiger partial charge in [-0.1, -0.05) is 6.42 Å². The van der Waals surface area contributed by atoms with E-state index in [4.69, 9.17) is 4.74 Å². The summed E-state index contributed by atoms with van der Waals surface area (Å²) in [6.45, 7) is 3.06. The van der Waals surface area contributed by atoms with Crippen molar-refractivity contribution in [3.8, 4) is 0 Å². The molecule has 0 amide bonds. The molecule has 1 saturated heterocycles. The summed E-state index contributed by atoms with van der Waals surface area (Å²) >= 11 is 0. The molecule has 0 bridgehead atoms. The third kappa shape index (κ3) is 2.83. The van der Waals surface area contributed by atoms with Gasteiger partial charge in [0.2, 0.25) is 0 Å². The van der Waals surface area contributed by atoms with Gasteiger partial charge in [0.15, 0.2) is 0 Å². The molecule has 2 aliphatic rings. The van der Waals surface area contributed by atoms with Crippen molar-refractivity contribution in [2.75, 3.05) is 26.8 Å². The lowest BCUT2D eigenvalue weighted by molar-refractivity contribution is -0.126. The highest BCUT2D eigenvalue weighted by Crippen LogP contribution is 2.25. The molecule has 0 aromatic carbocycles. The number of methoxy groups -OCH3 is 1. The summed E-state index contributed by atoms with van der Waals surface area (Å²) in [5, 5.41) is 0. The average molecular weight is 225 g/mol. The molecule has 2 fully saturated rings. The van der Waals surface area contributed by atoms with Crippen molar-refractivity contribution in [1.29, 1.82) is 0 Å². The number of likely N-dealkylation sites (tertiary alicyclic amines) is 1. The molecule has 0 spiro atoms. The summed E-state index contributed by atoms with van der Waals surface area (Å²) in [4.78, 5) is 14.2. The first-order valence-corrected chi connectivity index (χ1v) is 6.57. The maximum atomic E-state index is 11.8. The lowest BCUT2D eigenvalue weighted by Crippen LogP contribution is -2.47. The number of carbonyl (C=O) groups excluding carboxylic acids is 1. The fourth-order valence-electron chi connectivity index (χ4n) is 3.02. The smallest absolute Gasteiger partial charge is 0.149 e. The first-order valence-electron chi connectivity index (χ1n) is 6.57. The van der Waals surface area contributed by atoms with Gasteiger partial charge in [-0.2, -0.15) is 0 Å². The Hall–Kier alpha value is -0.410. The van der Waals surface area contributed by atoms with Crippen molar-refractivity contribution in [1.82, 2.24) is 4.90 Å². The number of nitrogens with zero attached hydrogens (tertiary/aromatic N) is 1. The Morgan fingerprint density at radius 3 is 2.62 bits per heavy atom. The van der Waals surface area contributed by atoms with E-state index in [1.165, 1.54) is 19.3 Å². The molecule has 2 rings (SSSR count). The monoisotopic (exact) mass is 225 g/mol. The van der Waals surface area contributed by atoms with Gasteiger partial charge in [0.1, 0.15) is 5.78 Å². The minimum absolute atomic E-state index is 0.247. The zero-order valence-corrected chi connectivity index (χ0v) is 10.3. The van der Waals surface area contributed by atoms with Crippen molar-refractivity contribution in [3.63, 3.8) is 0 Å². The number of ether oxygens (including phenoxy) is 1. The quantitative estimate of drug-likeness (QED) is 0.734. The molecular weight excluding hydrogens is 202 g/mol. The summed E-state index contributed by atoms with van der Waals surface area (Å²) in [6.07, 6.45) is 6.62. The Bertz CT molecular complexity index is 234. The number of hydrogen-bond acceptors (Lipinski definition) is 3. The van der Waals surface area contributed by atoms with Crippen LogP contribution in [0, 0.1) is 5.92 Å². The van der Waals surface area contributed by atoms with Crippen molar-refractivity contribution in [3.05, 3.63) is 0 Å². The Morgan fingerprint density at radius 2 is 2.00 bits per heavy atom. The second kappa shape index (κ2) is 5.78. The van der Waals surface area contributed by atoms with Crippen LogP contribution in [0.15, 0.2) is 0 Å². The van der Waals surface area contributed by atoms with Crippen LogP contribution < -0.4 is 0 Å². The van der Waals surface area contributed by atoms with E-state index in [-0.39, 0.29) is 6.04 Å². The minimum Gasteiger partial charge on any atom is -0.384 e. The van der Waals surface area contributed by atoms with Gasteiger partial charge in [-0.15, -0.1) is 0 Å². The zero-order chi connectivity index (χ0) is 11.4. The number of carbonyl (C=O) groups is 1. The SMILES string of the molecule is COCC1CCN(C2CCCCC2=O)CC1. The van der Waals surface area contributed by atoms with Crippen molar-refractivity contribution in [2.24, 2.45) is 5.92 Å². The second-order valence-corrected chi connectivity index (χ2v) is 5.16. The van der Waals surface area contributed by atoms with Crippen LogP contribution in [0.3, 0.4) is 0 Å². The van der Waals surface area contributed by atoms with E-state index in [9.17, 15) is 4.79 Å². The fourth-order valence-corrected chi connectivity index (χ4v) is 3.02. The van der Waals surface area contributed by atoms with E-state index in [2.05, 4.69) is 4.90 Å². The zero-order valence-electron chi connectivity index (χ0n) is 10.3. The number of rotatable bonds is 3. The molecule has 92 valence electrons. The molecule has 1 atom stereocenters. The molecule has 1 heterocycles. The topological polar surface area (TPSA) is 29.5 Å². The number of hydrogen-bond donors (Lipinski definition) is 0. The van der Waals surface area contributed by atoms with Crippen LogP contribution in [0.1, 0.15) is 38.5 Å². The van der Waals surface area contributed by atoms with Crippen molar-refractivity contribution < 1.29 is 9.53 Å². The molecule has 1 aliphatic carbocycles. The molecule has 0 aromatic heterocycles. The van der Waals surface area contributed by atoms with Crippen LogP contribution in [-0.4, -0.2) is 43.5 Å². The summed E-state index contributed by atoms with van der Waals surface area (Å²) in [5.74, 6) is 1.19. The van der Waals surface area contributed by atoms with Gasteiger partial charge in [-0.3, -0.25) is 9.69 Å². The Kier molecular flexibility index (Phi) is 4.36. The van der Waals surface area contributed by atoms with E-state index < -0.39 is 0 Å². The van der Waals surface area contributed by atoms with Crippen LogP contribution >= 0.6 is 0 Å². The van der Waals surface area contributed by atoms with Gasteiger partial charge in [0.05, 0.1) is 6.04 Å². The average Bonchev–Trinajstić information content (AvgIpc) is 2.31. The van der Waals surface area contributed by atoms with Gasteiger partial charge >= 0.3 is 0 Å². The van der Waals surface area contributed by atoms with Crippen LogP contribution in [0.2, 0.25) is 0 Å². The first kappa shape index (κ1) is 12.1. The molecule has 16 heavy (non-hydrogen) atoms. The van der Waals surface area contributed by atoms with E-state index >= 15 is 0 Å². The van der Waals surface area contributed by atoms with Gasteiger partial charge in [0.25, 0.3) is 0 Å². The molecule has 3 heteroatoms. The maximum absolute atomic E-state index is 11.8. The van der Waals surface area contributed by atoms with Gasteiger partial charge < -0.3 is 4.74 Å². The maximum Gasteiger partial charge on any atom is 0.149 e. The van der Waals surface area contributed by atoms with Crippen LogP contribution in [0.5, 0.6) is 0 Å². The molecule has 0 N–H and O–H groups in total. The predicted octanol–water partition coefficient (Wildman–Crippen LogP) is 1.86. The van der Waals surface area contributed by atoms with E-state index in [1.54, 1.807) is 7.11 Å². The summed E-state index contributed by atoms with van der Waals surface area (Å²) < 4.78 is 5.20. The normalized spacial score (nSPS) is 29.6. The van der Waals surface area contributed by atoms with Gasteiger partial charge in [-0.05, 0) is 44.7 Å². The van der Waals surface area contributed by atoms with Gasteiger partial charge in [-0.25, -0.2) is 0 Å². The summed E-state index contributed by atoms with van der Waals surface area (Å²) in [7, 11) is 1.77. The highest BCUT2D eigenvalue weighted by molar-refractivity contribution is 5.84. The standard InChI is InChI=1S/C13H23NO2/c1-16-10-11-6-8-14(9-7-11)12-4-2-3-5-13(12)15/h11-12H,2-10H2,1H3. The van der Waals surface area contributed by atoms with Gasteiger partial charge in [0, 0.05) is 20.1 Å². The summed E-state index contributed by atoms with van der Waals surface area (Å²) in [6, 6.07) is 0.247. The number of Topliss-reactive ketones (excluding diaryl/α,β-unsaturated/α-hetero) is 1. The first-order chi connectivity index (χ1) is 7.81. The lowest BCUT2D eigenvalue weighted by Gasteiger charge is -2.38. The second-order valence-electron chi connectivity index (χ2n) is 5.16. The van der Waals surface area contributed by atoms with Crippen molar-refractivity contribution >= 4 is 5.78 Å². The molecule has 3 nitrogen and oxygen atoms in total. The molecular formula is C13H23NO2. The van der Waals surface area contributed by atoms with E-state index in [0.29, 0.717) is 11.7 Å². The molecule has 0 radical (unpaired) electrons. The molecule has 1 saturated carbocycles. The highest BCUT2D eigenvalue weighted by atomic mass is 16.5. The fraction of sp³-hybridized carbons (Fsp3) is 0.923. The van der Waals surface area contributed by atoms with Crippen LogP contribution in [0.4, 0.5) is 0 Å². The number of ketones is 1. The largest absolute Gasteiger partial charge is 0.384 e. The molecule has 0 aromatic rings. The third-order valence-corrected chi connectivity index (χ3v) is 4.01. The van der Waals surface area contributed by atoms with Crippen molar-refractivity contribution in [2.45, 2.75) is 44.6 Å². The Balaban J connectivity index is 1.81. The third-order valence-electron chi connectivity index (χ3n) is 4.01.